The van der Waals surface area contributed by atoms with Gasteiger partial charge in [-0.05, 0) is 76.9 Å². The topological polar surface area (TPSA) is 65.1 Å². The highest BCUT2D eigenvalue weighted by molar-refractivity contribution is 5.94. The molecule has 7 nitrogen and oxygen atoms in total. The molecule has 0 atom stereocenters. The van der Waals surface area contributed by atoms with Gasteiger partial charge in [0.05, 0.1) is 0 Å². The number of nitrogens with one attached hydrogen (secondary N) is 1. The highest BCUT2D eigenvalue weighted by atomic mass is 16.5. The second-order valence-corrected chi connectivity index (χ2v) is 9.51. The van der Waals surface area contributed by atoms with Crippen molar-refractivity contribution < 1.29 is 14.3 Å². The first-order valence-electron chi connectivity index (χ1n) is 12.3. The summed E-state index contributed by atoms with van der Waals surface area (Å²) in [4.78, 5) is 31.4. The van der Waals surface area contributed by atoms with Crippen LogP contribution in [0.15, 0.2) is 24.3 Å². The lowest BCUT2D eigenvalue weighted by Crippen LogP contribution is -2.48. The van der Waals surface area contributed by atoms with Crippen molar-refractivity contribution in [2.75, 3.05) is 52.9 Å². The standard InChI is InChI=1S/C25H38N4O3/c1-27-14-8-21(9-15-27)28-16-10-22(11-17-28)32-23-6-4-5-20(19-23)25(31)26-12-18-29-13-3-2-7-24(29)30/h4-6,19,21-22H,2-3,7-18H2,1H3,(H,26,31). The molecular formula is C25H38N4O3. The predicted molar refractivity (Wildman–Crippen MR) is 125 cm³/mol. The van der Waals surface area contributed by atoms with E-state index in [0.717, 1.165) is 57.1 Å². The molecule has 2 amide bonds. The average molecular weight is 443 g/mol. The molecule has 3 saturated heterocycles. The molecule has 0 radical (unpaired) electrons. The molecule has 32 heavy (non-hydrogen) atoms. The third-order valence-electron chi connectivity index (χ3n) is 7.17. The minimum absolute atomic E-state index is 0.114. The molecule has 7 heteroatoms. The number of likely N-dealkylation sites (tertiary alicyclic amines) is 3. The van der Waals surface area contributed by atoms with Crippen molar-refractivity contribution in [3.63, 3.8) is 0 Å². The smallest absolute Gasteiger partial charge is 0.251 e. The lowest BCUT2D eigenvalue weighted by atomic mass is 9.99. The molecule has 0 bridgehead atoms. The second-order valence-electron chi connectivity index (χ2n) is 9.51. The number of nitrogens with zero attached hydrogens (tertiary/aromatic N) is 3. The first kappa shape index (κ1) is 23.1. The van der Waals surface area contributed by atoms with E-state index in [1.807, 2.05) is 29.2 Å². The number of amides is 2. The second kappa shape index (κ2) is 11.1. The monoisotopic (exact) mass is 442 g/mol. The largest absolute Gasteiger partial charge is 0.490 e. The van der Waals surface area contributed by atoms with Crippen molar-refractivity contribution in [1.29, 1.82) is 0 Å². The normalized spacial score (nSPS) is 22.2. The molecule has 3 fully saturated rings. The summed E-state index contributed by atoms with van der Waals surface area (Å²) < 4.78 is 6.24. The Balaban J connectivity index is 1.21. The van der Waals surface area contributed by atoms with Gasteiger partial charge in [-0.15, -0.1) is 0 Å². The zero-order chi connectivity index (χ0) is 22.3. The minimum Gasteiger partial charge on any atom is -0.490 e. The van der Waals surface area contributed by atoms with Crippen LogP contribution >= 0.6 is 0 Å². The Kier molecular flexibility index (Phi) is 8.03. The third-order valence-corrected chi connectivity index (χ3v) is 7.17. The molecule has 0 saturated carbocycles. The van der Waals surface area contributed by atoms with E-state index in [2.05, 4.69) is 22.2 Å². The van der Waals surface area contributed by atoms with E-state index < -0.39 is 0 Å². The highest BCUT2D eigenvalue weighted by Gasteiger charge is 2.28. The van der Waals surface area contributed by atoms with Crippen LogP contribution in [-0.4, -0.2) is 91.5 Å². The number of hydrogen-bond donors (Lipinski definition) is 1. The van der Waals surface area contributed by atoms with E-state index in [1.54, 1.807) is 0 Å². The molecule has 4 rings (SSSR count). The summed E-state index contributed by atoms with van der Waals surface area (Å²) in [6.07, 6.45) is 7.47. The maximum absolute atomic E-state index is 12.6. The van der Waals surface area contributed by atoms with Gasteiger partial charge in [-0.1, -0.05) is 6.07 Å². The van der Waals surface area contributed by atoms with E-state index in [4.69, 9.17) is 4.74 Å². The van der Waals surface area contributed by atoms with Gasteiger partial charge in [0.2, 0.25) is 5.91 Å². The number of piperidine rings is 3. The van der Waals surface area contributed by atoms with Crippen LogP contribution in [0.4, 0.5) is 0 Å². The molecule has 0 spiro atoms. The van der Waals surface area contributed by atoms with Gasteiger partial charge in [0.25, 0.3) is 5.91 Å². The van der Waals surface area contributed by atoms with Crippen molar-refractivity contribution >= 4 is 11.8 Å². The fraction of sp³-hybridized carbons (Fsp3) is 0.680. The van der Waals surface area contributed by atoms with E-state index in [1.165, 1.54) is 25.9 Å². The number of ether oxygens (including phenoxy) is 1. The predicted octanol–water partition coefficient (Wildman–Crippen LogP) is 2.37. The van der Waals surface area contributed by atoms with Crippen molar-refractivity contribution in [3.05, 3.63) is 29.8 Å². The summed E-state index contributed by atoms with van der Waals surface area (Å²) in [5.41, 5.74) is 0.608. The average Bonchev–Trinajstić information content (AvgIpc) is 2.81. The Morgan fingerprint density at radius 1 is 1.06 bits per heavy atom. The Bertz CT molecular complexity index is 770. The number of benzene rings is 1. The lowest BCUT2D eigenvalue weighted by Gasteiger charge is -2.41. The molecule has 176 valence electrons. The van der Waals surface area contributed by atoms with Gasteiger partial charge >= 0.3 is 0 Å². The summed E-state index contributed by atoms with van der Waals surface area (Å²) in [5.74, 6) is 0.848. The number of rotatable bonds is 7. The first-order chi connectivity index (χ1) is 15.6. The maximum Gasteiger partial charge on any atom is 0.251 e. The minimum atomic E-state index is -0.114. The molecule has 3 heterocycles. The Hall–Kier alpha value is -2.12. The van der Waals surface area contributed by atoms with Gasteiger partial charge in [-0.3, -0.25) is 9.59 Å². The maximum atomic E-state index is 12.6. The van der Waals surface area contributed by atoms with E-state index in [0.29, 0.717) is 25.1 Å². The summed E-state index contributed by atoms with van der Waals surface area (Å²) in [7, 11) is 2.21. The van der Waals surface area contributed by atoms with Gasteiger partial charge in [0.15, 0.2) is 0 Å². The van der Waals surface area contributed by atoms with Gasteiger partial charge < -0.3 is 24.8 Å². The van der Waals surface area contributed by atoms with E-state index in [-0.39, 0.29) is 17.9 Å². The third kappa shape index (κ3) is 6.23. The van der Waals surface area contributed by atoms with Crippen LogP contribution in [0, 0.1) is 0 Å². The zero-order valence-corrected chi connectivity index (χ0v) is 19.4. The van der Waals surface area contributed by atoms with Crippen LogP contribution in [-0.2, 0) is 4.79 Å². The molecule has 1 aromatic rings. The van der Waals surface area contributed by atoms with Gasteiger partial charge in [0.1, 0.15) is 11.9 Å². The fourth-order valence-electron chi connectivity index (χ4n) is 5.13. The number of carbonyl (C=O) groups is 2. The summed E-state index contributed by atoms with van der Waals surface area (Å²) in [5, 5.41) is 2.94. The molecule has 0 aromatic heterocycles. The van der Waals surface area contributed by atoms with Crippen molar-refractivity contribution in [2.24, 2.45) is 0 Å². The lowest BCUT2D eigenvalue weighted by molar-refractivity contribution is -0.133. The van der Waals surface area contributed by atoms with Crippen molar-refractivity contribution in [1.82, 2.24) is 20.0 Å². The van der Waals surface area contributed by atoms with Gasteiger partial charge in [0, 0.05) is 50.7 Å². The van der Waals surface area contributed by atoms with Crippen LogP contribution in [0.25, 0.3) is 0 Å². The van der Waals surface area contributed by atoms with E-state index in [9.17, 15) is 9.59 Å². The van der Waals surface area contributed by atoms with Crippen LogP contribution in [0.3, 0.4) is 0 Å². The summed E-state index contributed by atoms with van der Waals surface area (Å²) >= 11 is 0. The van der Waals surface area contributed by atoms with Crippen LogP contribution < -0.4 is 10.1 Å². The molecule has 0 aliphatic carbocycles. The Labute approximate surface area is 192 Å². The molecule has 3 aliphatic rings. The summed E-state index contributed by atoms with van der Waals surface area (Å²) in [6, 6.07) is 8.19. The number of hydrogen-bond acceptors (Lipinski definition) is 5. The van der Waals surface area contributed by atoms with Crippen molar-refractivity contribution in [2.45, 2.75) is 57.1 Å². The van der Waals surface area contributed by atoms with Crippen LogP contribution in [0.2, 0.25) is 0 Å². The SMILES string of the molecule is CN1CCC(N2CCC(Oc3cccc(C(=O)NCCN4CCCCC4=O)c3)CC2)CC1. The van der Waals surface area contributed by atoms with Gasteiger partial charge in [-0.2, -0.15) is 0 Å². The fourth-order valence-corrected chi connectivity index (χ4v) is 5.13. The molecule has 3 aliphatic heterocycles. The Morgan fingerprint density at radius 3 is 2.59 bits per heavy atom. The molecule has 0 unspecified atom stereocenters. The van der Waals surface area contributed by atoms with Crippen LogP contribution in [0.1, 0.15) is 55.3 Å². The molecule has 1 aromatic carbocycles. The molecular weight excluding hydrogens is 404 g/mol. The van der Waals surface area contributed by atoms with E-state index >= 15 is 0 Å². The van der Waals surface area contributed by atoms with Crippen LogP contribution in [0.5, 0.6) is 5.75 Å². The highest BCUT2D eigenvalue weighted by Crippen LogP contribution is 2.24. The molecule has 1 N–H and O–H groups in total. The Morgan fingerprint density at radius 2 is 1.84 bits per heavy atom. The van der Waals surface area contributed by atoms with Crippen molar-refractivity contribution in [3.8, 4) is 5.75 Å². The first-order valence-corrected chi connectivity index (χ1v) is 12.3. The quantitative estimate of drug-likeness (QED) is 0.702. The zero-order valence-electron chi connectivity index (χ0n) is 19.4. The van der Waals surface area contributed by atoms with Gasteiger partial charge in [-0.25, -0.2) is 0 Å². The number of carbonyl (C=O) groups excluding carboxylic acids is 2. The summed E-state index contributed by atoms with van der Waals surface area (Å²) in [6.45, 7) is 6.44.